The molecule has 1 aliphatic heterocycles. The zero-order chi connectivity index (χ0) is 17.1. The molecule has 1 aromatic carbocycles. The average Bonchev–Trinajstić information content (AvgIpc) is 3.07. The van der Waals surface area contributed by atoms with Gasteiger partial charge in [-0.3, -0.25) is 4.79 Å². The van der Waals surface area contributed by atoms with Crippen LogP contribution in [0.4, 0.5) is 0 Å². The molecular formula is C19H25N2OS2+. The second-order valence-corrected chi connectivity index (χ2v) is 8.33. The van der Waals surface area contributed by atoms with Crippen LogP contribution in [0.5, 0.6) is 0 Å². The Labute approximate surface area is 152 Å². The molecule has 0 saturated heterocycles. The van der Waals surface area contributed by atoms with E-state index in [0.717, 1.165) is 13.0 Å². The van der Waals surface area contributed by atoms with Crippen molar-refractivity contribution in [2.24, 2.45) is 0 Å². The summed E-state index contributed by atoms with van der Waals surface area (Å²) in [5, 5.41) is 2.18. The molecular weight excluding hydrogens is 336 g/mol. The number of carbonyl (C=O) groups is 1. The Hall–Kier alpha value is -1.30. The first-order valence-electron chi connectivity index (χ1n) is 8.36. The van der Waals surface area contributed by atoms with Crippen LogP contribution < -0.4 is 4.90 Å². The Bertz CT molecular complexity index is 696. The lowest BCUT2D eigenvalue weighted by Crippen LogP contribution is -3.14. The average molecular weight is 362 g/mol. The number of hydrogen-bond donors (Lipinski definition) is 1. The maximum absolute atomic E-state index is 12.6. The van der Waals surface area contributed by atoms with Gasteiger partial charge in [0.05, 0.1) is 6.54 Å². The fourth-order valence-electron chi connectivity index (χ4n) is 3.31. The maximum Gasteiger partial charge on any atom is 0.277 e. The molecule has 1 aromatic heterocycles. The van der Waals surface area contributed by atoms with Crippen LogP contribution in [0.1, 0.15) is 29.0 Å². The van der Waals surface area contributed by atoms with Crippen LogP contribution in [0.3, 0.4) is 0 Å². The number of nitrogens with zero attached hydrogens (tertiary/aromatic N) is 1. The van der Waals surface area contributed by atoms with Crippen LogP contribution >= 0.6 is 23.1 Å². The number of thioether (sulfide) groups is 1. The predicted octanol–water partition coefficient (Wildman–Crippen LogP) is 2.63. The highest BCUT2D eigenvalue weighted by Crippen LogP contribution is 2.24. The molecule has 2 aromatic rings. The van der Waals surface area contributed by atoms with E-state index in [1.54, 1.807) is 11.8 Å². The first-order valence-corrected chi connectivity index (χ1v) is 10.5. The van der Waals surface area contributed by atoms with E-state index >= 15 is 0 Å². The summed E-state index contributed by atoms with van der Waals surface area (Å²) < 4.78 is 0. The monoisotopic (exact) mass is 361 g/mol. The van der Waals surface area contributed by atoms with Crippen molar-refractivity contribution in [3.8, 4) is 0 Å². The minimum atomic E-state index is 0.226. The molecule has 24 heavy (non-hydrogen) atoms. The van der Waals surface area contributed by atoms with Crippen molar-refractivity contribution < 1.29 is 9.69 Å². The lowest BCUT2D eigenvalue weighted by molar-refractivity contribution is -0.924. The van der Waals surface area contributed by atoms with Crippen molar-refractivity contribution in [3.63, 3.8) is 0 Å². The Balaban J connectivity index is 1.58. The van der Waals surface area contributed by atoms with Crippen LogP contribution in [-0.2, 0) is 17.8 Å². The first kappa shape index (κ1) is 17.5. The number of quaternary nitrogens is 1. The number of rotatable bonds is 5. The van der Waals surface area contributed by atoms with E-state index in [9.17, 15) is 4.79 Å². The molecule has 3 nitrogen and oxygen atoms in total. The Morgan fingerprint density at radius 1 is 1.33 bits per heavy atom. The van der Waals surface area contributed by atoms with Gasteiger partial charge in [-0.05, 0) is 42.3 Å². The summed E-state index contributed by atoms with van der Waals surface area (Å²) in [5.41, 5.74) is 2.62. The lowest BCUT2D eigenvalue weighted by atomic mass is 10.0. The lowest BCUT2D eigenvalue weighted by Gasteiger charge is -2.31. The molecule has 0 fully saturated rings. The third kappa shape index (κ3) is 3.85. The molecule has 1 aliphatic rings. The molecule has 5 heteroatoms. The van der Waals surface area contributed by atoms with Gasteiger partial charge >= 0.3 is 0 Å². The third-order valence-corrected chi connectivity index (χ3v) is 6.65. The van der Waals surface area contributed by atoms with Crippen molar-refractivity contribution in [2.75, 3.05) is 26.4 Å². The van der Waals surface area contributed by atoms with Gasteiger partial charge in [-0.15, -0.1) is 23.1 Å². The number of nitrogens with one attached hydrogen (secondary N) is 1. The molecule has 0 bridgehead atoms. The number of hydrogen-bond acceptors (Lipinski definition) is 3. The van der Waals surface area contributed by atoms with Crippen LogP contribution in [0, 0.1) is 0 Å². The van der Waals surface area contributed by atoms with Crippen molar-refractivity contribution >= 4 is 29.0 Å². The van der Waals surface area contributed by atoms with E-state index in [0.29, 0.717) is 19.1 Å². The second kappa shape index (κ2) is 7.72. The van der Waals surface area contributed by atoms with E-state index in [-0.39, 0.29) is 5.91 Å². The summed E-state index contributed by atoms with van der Waals surface area (Å²) in [6, 6.07) is 11.1. The summed E-state index contributed by atoms with van der Waals surface area (Å²) in [4.78, 5) is 18.6. The molecule has 0 aliphatic carbocycles. The number of benzene rings is 1. The van der Waals surface area contributed by atoms with Crippen LogP contribution in [0.25, 0.3) is 0 Å². The third-order valence-electron chi connectivity index (χ3n) is 4.91. The largest absolute Gasteiger partial charge is 0.337 e. The highest BCUT2D eigenvalue weighted by molar-refractivity contribution is 7.98. The molecule has 1 amide bonds. The summed E-state index contributed by atoms with van der Waals surface area (Å²) in [6.45, 7) is 4.56. The van der Waals surface area contributed by atoms with E-state index < -0.39 is 0 Å². The quantitative estimate of drug-likeness (QED) is 0.828. The number of fused-ring (bicyclic) bond motifs is 1. The van der Waals surface area contributed by atoms with Crippen LogP contribution in [0.15, 0.2) is 40.6 Å². The smallest absolute Gasteiger partial charge is 0.277 e. The topological polar surface area (TPSA) is 24.8 Å². The summed E-state index contributed by atoms with van der Waals surface area (Å²) >= 11 is 3.59. The van der Waals surface area contributed by atoms with Gasteiger partial charge in [0.1, 0.15) is 6.04 Å². The normalized spacial score (nSPS) is 19.8. The van der Waals surface area contributed by atoms with Gasteiger partial charge < -0.3 is 9.80 Å². The van der Waals surface area contributed by atoms with Gasteiger partial charge in [-0.25, -0.2) is 0 Å². The molecule has 0 radical (unpaired) electrons. The fraction of sp³-hybridized carbons (Fsp3) is 0.421. The van der Waals surface area contributed by atoms with Crippen molar-refractivity contribution in [2.45, 2.75) is 30.8 Å². The summed E-state index contributed by atoms with van der Waals surface area (Å²) in [6.07, 6.45) is 3.17. The predicted molar refractivity (Wildman–Crippen MR) is 102 cm³/mol. The van der Waals surface area contributed by atoms with E-state index in [4.69, 9.17) is 0 Å². The molecule has 3 rings (SSSR count). The number of likely N-dealkylation sites (N-methyl/N-ethyl adjacent to an activating group) is 1. The van der Waals surface area contributed by atoms with Gasteiger partial charge in [0.2, 0.25) is 0 Å². The Kier molecular flexibility index (Phi) is 5.64. The van der Waals surface area contributed by atoms with Gasteiger partial charge in [0.25, 0.3) is 5.91 Å². The molecule has 1 unspecified atom stereocenters. The van der Waals surface area contributed by atoms with E-state index in [2.05, 4.69) is 48.9 Å². The molecule has 0 saturated carbocycles. The summed E-state index contributed by atoms with van der Waals surface area (Å²) in [7, 11) is 1.91. The molecule has 2 heterocycles. The first-order chi connectivity index (χ1) is 11.6. The SMILES string of the molecule is CSc1ccc(CN(C)C(=O)C[NH+]2CCc3sccc3[C@@H]2C)cc1. The maximum atomic E-state index is 12.6. The number of thiophene rings is 1. The molecule has 128 valence electrons. The standard InChI is InChI=1S/C19H24N2OS2/c1-14-17-9-11-24-18(17)8-10-21(14)13-19(22)20(2)12-15-4-6-16(23-3)7-5-15/h4-7,9,11,14H,8,10,12-13H2,1-3H3/p+1/t14-/m0/s1. The van der Waals surface area contributed by atoms with Gasteiger partial charge in [-0.2, -0.15) is 0 Å². The zero-order valence-electron chi connectivity index (χ0n) is 14.5. The minimum absolute atomic E-state index is 0.226. The summed E-state index contributed by atoms with van der Waals surface area (Å²) in [5.74, 6) is 0.226. The second-order valence-electron chi connectivity index (χ2n) is 6.45. The number of carbonyl (C=O) groups excluding carboxylic acids is 1. The van der Waals surface area contributed by atoms with E-state index in [1.807, 2.05) is 23.3 Å². The van der Waals surface area contributed by atoms with Gasteiger partial charge in [0, 0.05) is 35.3 Å². The van der Waals surface area contributed by atoms with E-state index in [1.165, 1.54) is 25.8 Å². The fourth-order valence-corrected chi connectivity index (χ4v) is 4.70. The van der Waals surface area contributed by atoms with Gasteiger partial charge in [-0.1, -0.05) is 12.1 Å². The minimum Gasteiger partial charge on any atom is -0.337 e. The number of amides is 1. The van der Waals surface area contributed by atoms with Crippen molar-refractivity contribution in [3.05, 3.63) is 51.7 Å². The van der Waals surface area contributed by atoms with Gasteiger partial charge in [0.15, 0.2) is 6.54 Å². The van der Waals surface area contributed by atoms with Crippen molar-refractivity contribution in [1.82, 2.24) is 4.90 Å². The van der Waals surface area contributed by atoms with Crippen LogP contribution in [0.2, 0.25) is 0 Å². The Morgan fingerprint density at radius 3 is 2.79 bits per heavy atom. The van der Waals surface area contributed by atoms with Crippen molar-refractivity contribution in [1.29, 1.82) is 0 Å². The van der Waals surface area contributed by atoms with Crippen LogP contribution in [-0.4, -0.2) is 37.2 Å². The zero-order valence-corrected chi connectivity index (χ0v) is 16.2. The highest BCUT2D eigenvalue weighted by Gasteiger charge is 2.30. The highest BCUT2D eigenvalue weighted by atomic mass is 32.2. The Morgan fingerprint density at radius 2 is 2.08 bits per heavy atom. The molecule has 1 N–H and O–H groups in total. The molecule has 2 atom stereocenters. The molecule has 0 spiro atoms.